The number of aliphatic hydroxyl groups is 1. The van der Waals surface area contributed by atoms with E-state index in [1.54, 1.807) is 30.3 Å². The molecule has 4 rings (SSSR count). The predicted octanol–water partition coefficient (Wildman–Crippen LogP) is 4.64. The predicted molar refractivity (Wildman–Crippen MR) is 107 cm³/mol. The lowest BCUT2D eigenvalue weighted by molar-refractivity contribution is -0.132. The van der Waals surface area contributed by atoms with E-state index in [4.69, 9.17) is 11.6 Å². The zero-order valence-electron chi connectivity index (χ0n) is 15.2. The fraction of sp³-hybridized carbons (Fsp3) is 0.0455. The summed E-state index contributed by atoms with van der Waals surface area (Å²) in [6.45, 7) is 0. The average molecular weight is 427 g/mol. The van der Waals surface area contributed by atoms with E-state index in [9.17, 15) is 23.5 Å². The van der Waals surface area contributed by atoms with E-state index in [-0.39, 0.29) is 22.5 Å². The summed E-state index contributed by atoms with van der Waals surface area (Å²) in [6.07, 6.45) is 1.46. The largest absolute Gasteiger partial charge is 0.507 e. The van der Waals surface area contributed by atoms with Gasteiger partial charge in [0.25, 0.3) is 11.7 Å². The SMILES string of the molecule is O=C1C(=O)N(c2ccc(F)c(F)c2)C(c2ccccn2)/C1=C(\O)c1cccc(Cl)c1. The minimum Gasteiger partial charge on any atom is -0.507 e. The van der Waals surface area contributed by atoms with Crippen LogP contribution in [0.4, 0.5) is 14.5 Å². The van der Waals surface area contributed by atoms with Crippen LogP contribution in [0.5, 0.6) is 0 Å². The minimum atomic E-state index is -1.18. The van der Waals surface area contributed by atoms with Crippen LogP contribution in [0.15, 0.2) is 72.4 Å². The number of Topliss-reactive ketones (excluding diaryl/α,β-unsaturated/α-hetero) is 1. The number of rotatable bonds is 3. The van der Waals surface area contributed by atoms with Crippen molar-refractivity contribution in [2.75, 3.05) is 4.90 Å². The van der Waals surface area contributed by atoms with Gasteiger partial charge in [0.05, 0.1) is 11.3 Å². The van der Waals surface area contributed by atoms with Gasteiger partial charge in [0, 0.05) is 28.5 Å². The van der Waals surface area contributed by atoms with Crippen LogP contribution >= 0.6 is 11.6 Å². The van der Waals surface area contributed by atoms with Crippen LogP contribution in [0.2, 0.25) is 5.02 Å². The van der Waals surface area contributed by atoms with Gasteiger partial charge in [-0.25, -0.2) is 8.78 Å². The molecular formula is C22H13ClF2N2O3. The van der Waals surface area contributed by atoms with Gasteiger partial charge in [-0.3, -0.25) is 19.5 Å². The third-order valence-electron chi connectivity index (χ3n) is 4.69. The van der Waals surface area contributed by atoms with Gasteiger partial charge >= 0.3 is 0 Å². The summed E-state index contributed by atoms with van der Waals surface area (Å²) in [5.41, 5.74) is 0.222. The van der Waals surface area contributed by atoms with Crippen molar-refractivity contribution in [2.45, 2.75) is 6.04 Å². The highest BCUT2D eigenvalue weighted by molar-refractivity contribution is 6.51. The van der Waals surface area contributed by atoms with Crippen LogP contribution < -0.4 is 4.90 Å². The second kappa shape index (κ2) is 7.68. The molecule has 2 aromatic carbocycles. The van der Waals surface area contributed by atoms with E-state index >= 15 is 0 Å². The molecule has 5 nitrogen and oxygen atoms in total. The Hall–Kier alpha value is -3.58. The third kappa shape index (κ3) is 3.33. The van der Waals surface area contributed by atoms with Crippen molar-refractivity contribution in [1.29, 1.82) is 0 Å². The number of benzene rings is 2. The number of amides is 1. The molecule has 0 aliphatic carbocycles. The van der Waals surface area contributed by atoms with Crippen LogP contribution in [0.1, 0.15) is 17.3 Å². The van der Waals surface area contributed by atoms with Gasteiger partial charge < -0.3 is 5.11 Å². The molecule has 1 aliphatic heterocycles. The topological polar surface area (TPSA) is 70.5 Å². The molecule has 1 fully saturated rings. The molecule has 3 aromatic rings. The Kier molecular flexibility index (Phi) is 5.05. The minimum absolute atomic E-state index is 0.0446. The number of carbonyl (C=O) groups excluding carboxylic acids is 2. The second-order valence-electron chi connectivity index (χ2n) is 6.53. The average Bonchev–Trinajstić information content (AvgIpc) is 3.01. The standard InChI is InChI=1S/C22H13ClF2N2O3/c23-13-5-3-4-12(10-13)20(28)18-19(17-6-1-2-9-26-17)27(22(30)21(18)29)14-7-8-15(24)16(25)11-14/h1-11,19,28H/b20-18+. The van der Waals surface area contributed by atoms with E-state index in [1.807, 2.05) is 0 Å². The number of halogens is 3. The Morgan fingerprint density at radius 1 is 1.00 bits per heavy atom. The highest BCUT2D eigenvalue weighted by atomic mass is 35.5. The summed E-state index contributed by atoms with van der Waals surface area (Å²) in [4.78, 5) is 30.9. The Morgan fingerprint density at radius 2 is 1.80 bits per heavy atom. The summed E-state index contributed by atoms with van der Waals surface area (Å²) in [5, 5.41) is 11.2. The number of hydrogen-bond donors (Lipinski definition) is 1. The third-order valence-corrected chi connectivity index (χ3v) is 4.93. The maximum absolute atomic E-state index is 13.9. The number of aliphatic hydroxyl groups excluding tert-OH is 1. The Balaban J connectivity index is 1.96. The first-order valence-corrected chi connectivity index (χ1v) is 9.19. The molecule has 1 aliphatic rings. The summed E-state index contributed by atoms with van der Waals surface area (Å²) in [7, 11) is 0. The lowest BCUT2D eigenvalue weighted by Crippen LogP contribution is -2.30. The first kappa shape index (κ1) is 19.7. The second-order valence-corrected chi connectivity index (χ2v) is 6.97. The van der Waals surface area contributed by atoms with Crippen molar-refractivity contribution in [3.05, 3.63) is 100 Å². The molecule has 2 heterocycles. The van der Waals surface area contributed by atoms with Gasteiger partial charge in [0.1, 0.15) is 11.8 Å². The number of anilines is 1. The van der Waals surface area contributed by atoms with Crippen LogP contribution in [-0.2, 0) is 9.59 Å². The molecule has 30 heavy (non-hydrogen) atoms. The van der Waals surface area contributed by atoms with Crippen molar-refractivity contribution in [2.24, 2.45) is 0 Å². The number of hydrogen-bond acceptors (Lipinski definition) is 4. The Labute approximate surface area is 174 Å². The summed E-state index contributed by atoms with van der Waals surface area (Å²) in [6, 6.07) is 12.7. The maximum Gasteiger partial charge on any atom is 0.300 e. The van der Waals surface area contributed by atoms with Crippen molar-refractivity contribution < 1.29 is 23.5 Å². The van der Waals surface area contributed by atoms with Gasteiger partial charge in [-0.15, -0.1) is 0 Å². The normalized spacial score (nSPS) is 18.1. The van der Waals surface area contributed by atoms with Crippen LogP contribution in [0, 0.1) is 11.6 Å². The van der Waals surface area contributed by atoms with Crippen molar-refractivity contribution >= 4 is 34.7 Å². The van der Waals surface area contributed by atoms with E-state index in [1.165, 1.54) is 24.4 Å². The fourth-order valence-electron chi connectivity index (χ4n) is 3.34. The van der Waals surface area contributed by atoms with Crippen molar-refractivity contribution in [1.82, 2.24) is 4.98 Å². The maximum atomic E-state index is 13.9. The number of ketones is 1. The molecule has 8 heteroatoms. The lowest BCUT2D eigenvalue weighted by Gasteiger charge is -2.24. The first-order valence-electron chi connectivity index (χ1n) is 8.81. The number of nitrogens with zero attached hydrogens (tertiary/aromatic N) is 2. The molecule has 1 N–H and O–H groups in total. The molecule has 0 bridgehead atoms. The molecule has 0 spiro atoms. The molecule has 1 aromatic heterocycles. The summed E-state index contributed by atoms with van der Waals surface area (Å²) in [5.74, 6) is -4.70. The zero-order chi connectivity index (χ0) is 21.4. The number of carbonyl (C=O) groups is 2. The Morgan fingerprint density at radius 3 is 2.47 bits per heavy atom. The van der Waals surface area contributed by atoms with Gasteiger partial charge in [0.15, 0.2) is 11.6 Å². The Bertz CT molecular complexity index is 1200. The van der Waals surface area contributed by atoms with Gasteiger partial charge in [-0.2, -0.15) is 0 Å². The van der Waals surface area contributed by atoms with Crippen molar-refractivity contribution in [3.63, 3.8) is 0 Å². The first-order chi connectivity index (χ1) is 14.4. The van der Waals surface area contributed by atoms with Crippen LogP contribution in [0.3, 0.4) is 0 Å². The lowest BCUT2D eigenvalue weighted by atomic mass is 9.98. The molecule has 150 valence electrons. The molecule has 1 saturated heterocycles. The molecule has 0 saturated carbocycles. The quantitative estimate of drug-likeness (QED) is 0.376. The highest BCUT2D eigenvalue weighted by Gasteiger charge is 2.47. The van der Waals surface area contributed by atoms with Crippen molar-refractivity contribution in [3.8, 4) is 0 Å². The van der Waals surface area contributed by atoms with Gasteiger partial charge in [-0.1, -0.05) is 29.8 Å². The van der Waals surface area contributed by atoms with Gasteiger partial charge in [-0.05, 0) is 36.4 Å². The zero-order valence-corrected chi connectivity index (χ0v) is 16.0. The van der Waals surface area contributed by atoms with Gasteiger partial charge in [0.2, 0.25) is 0 Å². The molecule has 1 amide bonds. The summed E-state index contributed by atoms with van der Waals surface area (Å²) < 4.78 is 27.3. The number of aromatic nitrogens is 1. The molecule has 0 radical (unpaired) electrons. The molecule has 1 atom stereocenters. The number of pyridine rings is 1. The molecular weight excluding hydrogens is 414 g/mol. The highest BCUT2D eigenvalue weighted by Crippen LogP contribution is 2.41. The van der Waals surface area contributed by atoms with Crippen LogP contribution in [0.25, 0.3) is 5.76 Å². The summed E-state index contributed by atoms with van der Waals surface area (Å²) >= 11 is 5.99. The van der Waals surface area contributed by atoms with E-state index < -0.39 is 35.1 Å². The fourth-order valence-corrected chi connectivity index (χ4v) is 3.53. The van der Waals surface area contributed by atoms with E-state index in [2.05, 4.69) is 4.98 Å². The van der Waals surface area contributed by atoms with E-state index in [0.717, 1.165) is 17.0 Å². The monoisotopic (exact) mass is 426 g/mol. The molecule has 1 unspecified atom stereocenters. The van der Waals surface area contributed by atoms with E-state index in [0.29, 0.717) is 5.02 Å². The smallest absolute Gasteiger partial charge is 0.300 e. The van der Waals surface area contributed by atoms with Crippen LogP contribution in [-0.4, -0.2) is 21.8 Å².